The molecule has 0 fully saturated rings. The van der Waals surface area contributed by atoms with Gasteiger partial charge in [-0.05, 0) is 35.2 Å². The van der Waals surface area contributed by atoms with Crippen LogP contribution in [-0.4, -0.2) is 12.1 Å². The third-order valence-corrected chi connectivity index (χ3v) is 2.97. The molecule has 0 aliphatic carbocycles. The van der Waals surface area contributed by atoms with Crippen LogP contribution in [0.15, 0.2) is 54.7 Å². The zero-order valence-corrected chi connectivity index (χ0v) is 9.60. The molecule has 0 aliphatic rings. The van der Waals surface area contributed by atoms with Crippen molar-refractivity contribution in [3.63, 3.8) is 0 Å². The second kappa shape index (κ2) is 3.98. The summed E-state index contributed by atoms with van der Waals surface area (Å²) in [7, 11) is 1.70. The molecule has 1 heterocycles. The van der Waals surface area contributed by atoms with Gasteiger partial charge in [0.25, 0.3) is 0 Å². The van der Waals surface area contributed by atoms with E-state index in [9.17, 15) is 0 Å². The summed E-state index contributed by atoms with van der Waals surface area (Å²) in [6.07, 6.45) is 1.96. The maximum atomic E-state index is 5.39. The number of benzene rings is 2. The van der Waals surface area contributed by atoms with Crippen molar-refractivity contribution in [1.82, 2.24) is 4.98 Å². The maximum Gasteiger partial charge on any atom is 0.126 e. The fraction of sp³-hybridized carbons (Fsp3) is 0.0667. The van der Waals surface area contributed by atoms with Gasteiger partial charge in [-0.1, -0.05) is 24.3 Å². The summed E-state index contributed by atoms with van der Waals surface area (Å²) in [5.74, 6) is 0.905. The van der Waals surface area contributed by atoms with Crippen LogP contribution in [0.2, 0.25) is 0 Å². The Morgan fingerprint density at radius 1 is 1.00 bits per heavy atom. The van der Waals surface area contributed by atoms with Gasteiger partial charge in [0.05, 0.1) is 7.11 Å². The number of aromatic nitrogens is 1. The third-order valence-electron chi connectivity index (χ3n) is 2.97. The summed E-state index contributed by atoms with van der Waals surface area (Å²) in [4.78, 5) is 3.20. The second-order valence-corrected chi connectivity index (χ2v) is 3.98. The van der Waals surface area contributed by atoms with Gasteiger partial charge in [0.2, 0.25) is 0 Å². The molecule has 0 bridgehead atoms. The minimum absolute atomic E-state index is 0.905. The number of ether oxygens (including phenoxy) is 1. The Bertz CT molecular complexity index is 655. The van der Waals surface area contributed by atoms with Crippen molar-refractivity contribution < 1.29 is 4.74 Å². The van der Waals surface area contributed by atoms with E-state index in [2.05, 4.69) is 35.3 Å². The summed E-state index contributed by atoms with van der Waals surface area (Å²) >= 11 is 0. The van der Waals surface area contributed by atoms with E-state index in [0.717, 1.165) is 16.8 Å². The summed E-state index contributed by atoms with van der Waals surface area (Å²) in [5.41, 5.74) is 3.45. The van der Waals surface area contributed by atoms with Gasteiger partial charge in [0.1, 0.15) is 5.75 Å². The molecular weight excluding hydrogens is 210 g/mol. The Hall–Kier alpha value is -2.22. The van der Waals surface area contributed by atoms with E-state index in [1.165, 1.54) is 10.9 Å². The highest BCUT2D eigenvalue weighted by atomic mass is 16.5. The molecule has 2 heteroatoms. The fourth-order valence-corrected chi connectivity index (χ4v) is 2.10. The highest BCUT2D eigenvalue weighted by molar-refractivity contribution is 5.86. The smallest absolute Gasteiger partial charge is 0.126 e. The molecule has 0 amide bonds. The molecule has 0 saturated heterocycles. The molecule has 0 saturated carbocycles. The molecule has 3 aromatic rings. The van der Waals surface area contributed by atoms with E-state index < -0.39 is 0 Å². The van der Waals surface area contributed by atoms with Crippen LogP contribution in [0.1, 0.15) is 0 Å². The van der Waals surface area contributed by atoms with Gasteiger partial charge in [-0.3, -0.25) is 0 Å². The van der Waals surface area contributed by atoms with Crippen LogP contribution in [0.25, 0.3) is 22.0 Å². The second-order valence-electron chi connectivity index (χ2n) is 3.98. The van der Waals surface area contributed by atoms with Gasteiger partial charge < -0.3 is 9.72 Å². The average Bonchev–Trinajstić information content (AvgIpc) is 2.85. The quantitative estimate of drug-likeness (QED) is 0.701. The number of rotatable bonds is 2. The number of fused-ring (bicyclic) bond motifs is 1. The summed E-state index contributed by atoms with van der Waals surface area (Å²) in [5, 5.41) is 1.22. The van der Waals surface area contributed by atoms with Gasteiger partial charge >= 0.3 is 0 Å². The SMILES string of the molecule is COc1ccccc1-c1ccc2[nH]ccc2c1. The zero-order chi connectivity index (χ0) is 11.7. The van der Waals surface area contributed by atoms with Crippen LogP contribution in [0, 0.1) is 0 Å². The first-order valence-electron chi connectivity index (χ1n) is 5.59. The molecular formula is C15H13NO. The van der Waals surface area contributed by atoms with E-state index in [-0.39, 0.29) is 0 Å². The highest BCUT2D eigenvalue weighted by Gasteiger charge is 2.05. The van der Waals surface area contributed by atoms with Gasteiger partial charge in [-0.2, -0.15) is 0 Å². The summed E-state index contributed by atoms with van der Waals surface area (Å²) in [6, 6.07) is 16.5. The number of hydrogen-bond acceptors (Lipinski definition) is 1. The largest absolute Gasteiger partial charge is 0.496 e. The Labute approximate surface area is 99.9 Å². The molecule has 1 aromatic heterocycles. The lowest BCUT2D eigenvalue weighted by Gasteiger charge is -2.08. The monoisotopic (exact) mass is 223 g/mol. The first-order valence-corrected chi connectivity index (χ1v) is 5.59. The molecule has 2 nitrogen and oxygen atoms in total. The van der Waals surface area contributed by atoms with Gasteiger partial charge in [0.15, 0.2) is 0 Å². The molecule has 1 N–H and O–H groups in total. The molecule has 0 unspecified atom stereocenters. The molecule has 0 aliphatic heterocycles. The van der Waals surface area contributed by atoms with E-state index >= 15 is 0 Å². The fourth-order valence-electron chi connectivity index (χ4n) is 2.10. The van der Waals surface area contributed by atoms with Crippen LogP contribution in [-0.2, 0) is 0 Å². The minimum Gasteiger partial charge on any atom is -0.496 e. The Kier molecular flexibility index (Phi) is 2.33. The number of para-hydroxylation sites is 1. The van der Waals surface area contributed by atoms with Crippen LogP contribution < -0.4 is 4.74 Å². The van der Waals surface area contributed by atoms with Crippen molar-refractivity contribution in [2.45, 2.75) is 0 Å². The zero-order valence-electron chi connectivity index (χ0n) is 9.60. The standard InChI is InChI=1S/C15H13NO/c1-17-15-5-3-2-4-13(15)11-6-7-14-12(10-11)8-9-16-14/h2-10,16H,1H3. The first kappa shape index (κ1) is 9.97. The first-order chi connectivity index (χ1) is 8.38. The van der Waals surface area contributed by atoms with Crippen molar-refractivity contribution in [2.24, 2.45) is 0 Å². The minimum atomic E-state index is 0.905. The normalized spacial score (nSPS) is 10.6. The van der Waals surface area contributed by atoms with Crippen molar-refractivity contribution in [3.8, 4) is 16.9 Å². The van der Waals surface area contributed by atoms with Crippen molar-refractivity contribution in [1.29, 1.82) is 0 Å². The lowest BCUT2D eigenvalue weighted by molar-refractivity contribution is 0.416. The third kappa shape index (κ3) is 1.68. The molecule has 84 valence electrons. The lowest BCUT2D eigenvalue weighted by atomic mass is 10.0. The summed E-state index contributed by atoms with van der Waals surface area (Å²) < 4.78 is 5.39. The number of aromatic amines is 1. The van der Waals surface area contributed by atoms with Crippen LogP contribution in [0.4, 0.5) is 0 Å². The molecule has 0 atom stereocenters. The Morgan fingerprint density at radius 2 is 1.88 bits per heavy atom. The number of hydrogen-bond donors (Lipinski definition) is 1. The molecule has 0 spiro atoms. The van der Waals surface area contributed by atoms with Crippen molar-refractivity contribution in [2.75, 3.05) is 7.11 Å². The van der Waals surface area contributed by atoms with E-state index in [4.69, 9.17) is 4.74 Å². The van der Waals surface area contributed by atoms with E-state index in [1.54, 1.807) is 7.11 Å². The number of methoxy groups -OCH3 is 1. The summed E-state index contributed by atoms with van der Waals surface area (Å²) in [6.45, 7) is 0. The maximum absolute atomic E-state index is 5.39. The van der Waals surface area contributed by atoms with Crippen LogP contribution >= 0.6 is 0 Å². The van der Waals surface area contributed by atoms with Gasteiger partial charge in [-0.25, -0.2) is 0 Å². The average molecular weight is 223 g/mol. The van der Waals surface area contributed by atoms with E-state index in [0.29, 0.717) is 0 Å². The van der Waals surface area contributed by atoms with Crippen molar-refractivity contribution >= 4 is 10.9 Å². The predicted molar refractivity (Wildman–Crippen MR) is 70.3 cm³/mol. The highest BCUT2D eigenvalue weighted by Crippen LogP contribution is 2.31. The Morgan fingerprint density at radius 3 is 2.76 bits per heavy atom. The van der Waals surface area contributed by atoms with Crippen LogP contribution in [0.5, 0.6) is 5.75 Å². The van der Waals surface area contributed by atoms with Crippen LogP contribution in [0.3, 0.4) is 0 Å². The van der Waals surface area contributed by atoms with Gasteiger partial charge in [-0.15, -0.1) is 0 Å². The lowest BCUT2D eigenvalue weighted by Crippen LogP contribution is -1.86. The van der Waals surface area contributed by atoms with Crippen molar-refractivity contribution in [3.05, 3.63) is 54.7 Å². The predicted octanol–water partition coefficient (Wildman–Crippen LogP) is 3.84. The Balaban J connectivity index is 2.19. The molecule has 0 radical (unpaired) electrons. The topological polar surface area (TPSA) is 25.0 Å². The number of H-pyrrole nitrogens is 1. The molecule has 2 aromatic carbocycles. The van der Waals surface area contributed by atoms with E-state index in [1.807, 2.05) is 24.4 Å². The molecule has 3 rings (SSSR count). The molecule has 17 heavy (non-hydrogen) atoms. The van der Waals surface area contributed by atoms with Gasteiger partial charge in [0, 0.05) is 17.3 Å². The number of nitrogens with one attached hydrogen (secondary N) is 1.